The first kappa shape index (κ1) is 18.3. The molecule has 0 unspecified atom stereocenters. The molecule has 5 nitrogen and oxygen atoms in total. The van der Waals surface area contributed by atoms with Crippen LogP contribution in [0.2, 0.25) is 0 Å². The predicted molar refractivity (Wildman–Crippen MR) is 114 cm³/mol. The second-order valence-corrected chi connectivity index (χ2v) is 7.78. The third-order valence-corrected chi connectivity index (χ3v) is 5.77. The number of benzene rings is 3. The number of rotatable bonds is 3. The van der Waals surface area contributed by atoms with E-state index in [9.17, 15) is 14.4 Å². The number of aryl methyl sites for hydroxylation is 1. The Morgan fingerprint density at radius 3 is 2.33 bits per heavy atom. The van der Waals surface area contributed by atoms with E-state index in [0.29, 0.717) is 23.2 Å². The van der Waals surface area contributed by atoms with Crippen molar-refractivity contribution < 1.29 is 14.4 Å². The molecular formula is C25H20N2O3. The van der Waals surface area contributed by atoms with E-state index in [2.05, 4.69) is 0 Å². The van der Waals surface area contributed by atoms with Gasteiger partial charge < -0.3 is 4.90 Å². The number of amides is 3. The lowest BCUT2D eigenvalue weighted by Gasteiger charge is -2.20. The molecule has 5 heteroatoms. The van der Waals surface area contributed by atoms with E-state index in [-0.39, 0.29) is 24.3 Å². The monoisotopic (exact) mass is 396 g/mol. The summed E-state index contributed by atoms with van der Waals surface area (Å²) in [4.78, 5) is 41.5. The standard InChI is InChI=1S/C25H20N2O3/c1-16-5-4-6-19(13-16)23(28)26-12-11-18-10-9-17(14-22(18)26)15-27-24(29)20-7-2-3-8-21(20)25(27)30/h2-10,13-14H,11-12,15H2,1H3. The van der Waals surface area contributed by atoms with Crippen LogP contribution in [0.15, 0.2) is 66.7 Å². The highest BCUT2D eigenvalue weighted by atomic mass is 16.2. The summed E-state index contributed by atoms with van der Waals surface area (Å²) in [6, 6.07) is 20.3. The fourth-order valence-electron chi connectivity index (χ4n) is 4.23. The van der Waals surface area contributed by atoms with Crippen LogP contribution in [0.5, 0.6) is 0 Å². The molecule has 0 aliphatic carbocycles. The van der Waals surface area contributed by atoms with Gasteiger partial charge in [0.15, 0.2) is 0 Å². The summed E-state index contributed by atoms with van der Waals surface area (Å²) in [5.41, 5.74) is 5.37. The Morgan fingerprint density at radius 1 is 0.900 bits per heavy atom. The fraction of sp³-hybridized carbons (Fsp3) is 0.160. The first-order valence-corrected chi connectivity index (χ1v) is 9.98. The molecular weight excluding hydrogens is 376 g/mol. The maximum absolute atomic E-state index is 13.1. The fourth-order valence-corrected chi connectivity index (χ4v) is 4.23. The van der Waals surface area contributed by atoms with Crippen LogP contribution in [-0.4, -0.2) is 29.2 Å². The van der Waals surface area contributed by atoms with Crippen LogP contribution in [0, 0.1) is 6.92 Å². The molecule has 0 saturated heterocycles. The van der Waals surface area contributed by atoms with Gasteiger partial charge in [-0.2, -0.15) is 0 Å². The predicted octanol–water partition coefficient (Wildman–Crippen LogP) is 3.99. The van der Waals surface area contributed by atoms with Gasteiger partial charge in [0, 0.05) is 17.8 Å². The number of fused-ring (bicyclic) bond motifs is 2. The first-order chi connectivity index (χ1) is 14.5. The summed E-state index contributed by atoms with van der Waals surface area (Å²) in [5, 5.41) is 0. The number of imide groups is 1. The lowest BCUT2D eigenvalue weighted by atomic mass is 10.1. The van der Waals surface area contributed by atoms with Crippen molar-refractivity contribution in [3.63, 3.8) is 0 Å². The Hall–Kier alpha value is -3.73. The highest BCUT2D eigenvalue weighted by Gasteiger charge is 2.35. The van der Waals surface area contributed by atoms with Gasteiger partial charge in [-0.1, -0.05) is 42.0 Å². The second kappa shape index (κ2) is 6.95. The van der Waals surface area contributed by atoms with Crippen LogP contribution in [0.25, 0.3) is 0 Å². The van der Waals surface area contributed by atoms with Crippen molar-refractivity contribution in [1.29, 1.82) is 0 Å². The Bertz CT molecular complexity index is 1180. The topological polar surface area (TPSA) is 57.7 Å². The zero-order valence-corrected chi connectivity index (χ0v) is 16.6. The molecule has 0 bridgehead atoms. The molecule has 2 heterocycles. The number of anilines is 1. The van der Waals surface area contributed by atoms with Gasteiger partial charge in [-0.3, -0.25) is 19.3 Å². The van der Waals surface area contributed by atoms with Gasteiger partial charge >= 0.3 is 0 Å². The Labute approximate surface area is 174 Å². The number of hydrogen-bond acceptors (Lipinski definition) is 3. The molecule has 3 amide bonds. The molecule has 3 aromatic carbocycles. The van der Waals surface area contributed by atoms with Crippen molar-refractivity contribution in [2.75, 3.05) is 11.4 Å². The van der Waals surface area contributed by atoms with Gasteiger partial charge in [0.25, 0.3) is 17.7 Å². The van der Waals surface area contributed by atoms with E-state index in [1.165, 1.54) is 4.90 Å². The van der Waals surface area contributed by atoms with Crippen LogP contribution in [-0.2, 0) is 13.0 Å². The van der Waals surface area contributed by atoms with Crippen molar-refractivity contribution in [3.8, 4) is 0 Å². The smallest absolute Gasteiger partial charge is 0.261 e. The third kappa shape index (κ3) is 2.90. The van der Waals surface area contributed by atoms with E-state index >= 15 is 0 Å². The quantitative estimate of drug-likeness (QED) is 0.629. The molecule has 0 atom stereocenters. The van der Waals surface area contributed by atoms with Gasteiger partial charge in [-0.05, 0) is 54.8 Å². The summed E-state index contributed by atoms with van der Waals surface area (Å²) < 4.78 is 0. The minimum atomic E-state index is -0.274. The molecule has 2 aliphatic rings. The second-order valence-electron chi connectivity index (χ2n) is 7.78. The largest absolute Gasteiger partial charge is 0.308 e. The summed E-state index contributed by atoms with van der Waals surface area (Å²) in [7, 11) is 0. The molecule has 0 aromatic heterocycles. The molecule has 0 spiro atoms. The lowest BCUT2D eigenvalue weighted by molar-refractivity contribution is 0.0642. The van der Waals surface area contributed by atoms with Crippen molar-refractivity contribution in [2.45, 2.75) is 19.9 Å². The van der Waals surface area contributed by atoms with Crippen LogP contribution >= 0.6 is 0 Å². The van der Waals surface area contributed by atoms with E-state index in [1.54, 1.807) is 29.2 Å². The number of carbonyl (C=O) groups is 3. The maximum atomic E-state index is 13.1. The van der Waals surface area contributed by atoms with Crippen LogP contribution in [0.4, 0.5) is 5.69 Å². The van der Waals surface area contributed by atoms with Crippen molar-refractivity contribution in [2.24, 2.45) is 0 Å². The molecule has 0 N–H and O–H groups in total. The number of carbonyl (C=O) groups excluding carboxylic acids is 3. The van der Waals surface area contributed by atoms with Crippen LogP contribution in [0.1, 0.15) is 47.8 Å². The molecule has 3 aromatic rings. The lowest BCUT2D eigenvalue weighted by Crippen LogP contribution is -2.30. The SMILES string of the molecule is Cc1cccc(C(=O)N2CCc3ccc(CN4C(=O)c5ccccc5C4=O)cc32)c1. The summed E-state index contributed by atoms with van der Waals surface area (Å²) in [6.07, 6.45) is 0.792. The highest BCUT2D eigenvalue weighted by Crippen LogP contribution is 2.32. The molecule has 2 aliphatic heterocycles. The van der Waals surface area contributed by atoms with Crippen molar-refractivity contribution >= 4 is 23.4 Å². The van der Waals surface area contributed by atoms with Crippen LogP contribution < -0.4 is 4.90 Å². The Balaban J connectivity index is 1.42. The average Bonchev–Trinajstić information content (AvgIpc) is 3.28. The van der Waals surface area contributed by atoms with Crippen molar-refractivity contribution in [3.05, 3.63) is 100 Å². The normalized spacial score (nSPS) is 14.8. The molecule has 0 fully saturated rings. The number of hydrogen-bond donors (Lipinski definition) is 0. The van der Waals surface area contributed by atoms with Gasteiger partial charge in [-0.25, -0.2) is 0 Å². The Morgan fingerprint density at radius 2 is 1.63 bits per heavy atom. The Kier molecular flexibility index (Phi) is 4.24. The maximum Gasteiger partial charge on any atom is 0.261 e. The van der Waals surface area contributed by atoms with E-state index in [1.807, 2.05) is 49.4 Å². The number of nitrogens with zero attached hydrogens (tertiary/aromatic N) is 2. The van der Waals surface area contributed by atoms with Gasteiger partial charge in [0.05, 0.1) is 17.7 Å². The molecule has 0 saturated carbocycles. The summed E-state index contributed by atoms with van der Waals surface area (Å²) in [6.45, 7) is 2.78. The summed E-state index contributed by atoms with van der Waals surface area (Å²) >= 11 is 0. The van der Waals surface area contributed by atoms with Gasteiger partial charge in [0.2, 0.25) is 0 Å². The molecule has 0 radical (unpaired) electrons. The minimum absolute atomic E-state index is 0.0321. The molecule has 148 valence electrons. The third-order valence-electron chi connectivity index (χ3n) is 5.77. The zero-order chi connectivity index (χ0) is 20.8. The zero-order valence-electron chi connectivity index (χ0n) is 16.6. The first-order valence-electron chi connectivity index (χ1n) is 9.98. The van der Waals surface area contributed by atoms with Crippen LogP contribution in [0.3, 0.4) is 0 Å². The highest BCUT2D eigenvalue weighted by molar-refractivity contribution is 6.21. The summed E-state index contributed by atoms with van der Waals surface area (Å²) in [5.74, 6) is -0.581. The average molecular weight is 396 g/mol. The van der Waals surface area contributed by atoms with E-state index in [0.717, 1.165) is 28.8 Å². The van der Waals surface area contributed by atoms with E-state index in [4.69, 9.17) is 0 Å². The van der Waals surface area contributed by atoms with Gasteiger partial charge in [-0.15, -0.1) is 0 Å². The van der Waals surface area contributed by atoms with E-state index < -0.39 is 0 Å². The van der Waals surface area contributed by atoms with Crippen molar-refractivity contribution in [1.82, 2.24) is 4.90 Å². The van der Waals surface area contributed by atoms with Gasteiger partial charge in [0.1, 0.15) is 0 Å². The molecule has 5 rings (SSSR count). The molecule has 30 heavy (non-hydrogen) atoms. The minimum Gasteiger partial charge on any atom is -0.308 e.